The quantitative estimate of drug-likeness (QED) is 0.278. The van der Waals surface area contributed by atoms with Gasteiger partial charge in [-0.05, 0) is 102 Å². The third-order valence-corrected chi connectivity index (χ3v) is 10.7. The summed E-state index contributed by atoms with van der Waals surface area (Å²) in [5, 5.41) is 12.8. The topological polar surface area (TPSA) is 138 Å². The Morgan fingerprint density at radius 3 is 2.22 bits per heavy atom. The molecule has 2 heterocycles. The number of hydrogen-bond acceptors (Lipinski definition) is 7. The Morgan fingerprint density at radius 1 is 0.959 bits per heavy atom. The minimum atomic E-state index is -0.975. The maximum atomic E-state index is 15.9. The molecule has 0 unspecified atom stereocenters. The number of aromatic nitrogens is 2. The van der Waals surface area contributed by atoms with Crippen molar-refractivity contribution in [1.82, 2.24) is 30.2 Å². The highest BCUT2D eigenvalue weighted by Gasteiger charge is 2.48. The van der Waals surface area contributed by atoms with Gasteiger partial charge in [0.1, 0.15) is 29.7 Å². The van der Waals surface area contributed by atoms with E-state index in [-0.39, 0.29) is 35.5 Å². The minimum Gasteiger partial charge on any atom is -0.372 e. The summed E-state index contributed by atoms with van der Waals surface area (Å²) in [4.78, 5) is 58.3. The largest absolute Gasteiger partial charge is 0.372 e. The Hall–Kier alpha value is -3.84. The molecule has 0 spiro atoms. The van der Waals surface area contributed by atoms with Crippen LogP contribution in [0.1, 0.15) is 82.3 Å². The lowest BCUT2D eigenvalue weighted by Crippen LogP contribution is -2.61. The summed E-state index contributed by atoms with van der Waals surface area (Å²) in [6.45, 7) is 11.0. The molecule has 2 aromatic rings. The van der Waals surface area contributed by atoms with Crippen LogP contribution in [0.2, 0.25) is 0 Å². The zero-order valence-corrected chi connectivity index (χ0v) is 29.7. The lowest BCUT2D eigenvalue weighted by Gasteiger charge is -2.44. The van der Waals surface area contributed by atoms with Crippen molar-refractivity contribution in [2.24, 2.45) is 17.8 Å². The highest BCUT2D eigenvalue weighted by Crippen LogP contribution is 2.51. The molecule has 12 nitrogen and oxygen atoms in total. The second-order valence-electron chi connectivity index (χ2n) is 14.2. The number of carbonyl (C=O) groups excluding carboxylic acids is 4. The molecule has 13 heteroatoms. The average Bonchev–Trinajstić information content (AvgIpc) is 4.03. The van der Waals surface area contributed by atoms with Crippen molar-refractivity contribution in [1.29, 1.82) is 0 Å². The zero-order valence-electron chi connectivity index (χ0n) is 29.7. The summed E-state index contributed by atoms with van der Waals surface area (Å²) < 4.78 is 22.6. The number of rotatable bonds is 14. The van der Waals surface area contributed by atoms with Gasteiger partial charge in [-0.15, -0.1) is 0 Å². The molecule has 1 saturated heterocycles. The Labute approximate surface area is 288 Å². The molecule has 4 amide bonds. The number of halogens is 1. The highest BCUT2D eigenvalue weighted by molar-refractivity contribution is 6.01. The molecule has 3 N–H and O–H groups in total. The maximum absolute atomic E-state index is 15.9. The molecule has 2 aliphatic carbocycles. The Balaban J connectivity index is 1.36. The number of benzene rings is 1. The number of nitrogens with zero attached hydrogens (tertiary/aromatic N) is 4. The van der Waals surface area contributed by atoms with Gasteiger partial charge in [-0.25, -0.2) is 4.39 Å². The van der Waals surface area contributed by atoms with Crippen LogP contribution in [0.3, 0.4) is 0 Å². The Bertz CT molecular complexity index is 1510. The second-order valence-corrected chi connectivity index (χ2v) is 14.2. The molecular formula is C36H52FN7O5. The molecule has 1 aliphatic heterocycles. The number of piperazine rings is 1. The smallest absolute Gasteiger partial charge is 0.270 e. The normalized spacial score (nSPS) is 22.3. The predicted molar refractivity (Wildman–Crippen MR) is 183 cm³/mol. The van der Waals surface area contributed by atoms with Crippen molar-refractivity contribution >= 4 is 29.3 Å². The summed E-state index contributed by atoms with van der Waals surface area (Å²) in [7, 11) is 3.44. The lowest BCUT2D eigenvalue weighted by atomic mass is 9.88. The van der Waals surface area contributed by atoms with E-state index < -0.39 is 41.7 Å². The van der Waals surface area contributed by atoms with Gasteiger partial charge < -0.3 is 25.6 Å². The van der Waals surface area contributed by atoms with E-state index in [2.05, 4.69) is 25.9 Å². The molecule has 0 bridgehead atoms. The van der Waals surface area contributed by atoms with Crippen LogP contribution in [0.15, 0.2) is 30.5 Å². The number of ether oxygens (including phenoxy) is 1. The molecule has 5 rings (SSSR count). The van der Waals surface area contributed by atoms with Gasteiger partial charge in [0, 0.05) is 50.9 Å². The van der Waals surface area contributed by atoms with E-state index in [1.807, 2.05) is 27.8 Å². The summed E-state index contributed by atoms with van der Waals surface area (Å²) >= 11 is 0. The van der Waals surface area contributed by atoms with Gasteiger partial charge in [0.15, 0.2) is 0 Å². The van der Waals surface area contributed by atoms with E-state index in [9.17, 15) is 19.2 Å². The van der Waals surface area contributed by atoms with Gasteiger partial charge in [-0.3, -0.25) is 28.8 Å². The molecule has 2 saturated carbocycles. The molecule has 0 radical (unpaired) electrons. The lowest BCUT2D eigenvalue weighted by molar-refractivity contribution is -0.143. The number of aryl methyl sites for hydroxylation is 1. The van der Waals surface area contributed by atoms with Crippen molar-refractivity contribution in [3.8, 4) is 0 Å². The van der Waals surface area contributed by atoms with E-state index in [1.165, 1.54) is 19.2 Å². The molecule has 3 aliphatic rings. The number of hydrogen-bond donors (Lipinski definition) is 3. The summed E-state index contributed by atoms with van der Waals surface area (Å²) in [5.41, 5.74) is 0.831. The van der Waals surface area contributed by atoms with Crippen LogP contribution in [-0.2, 0) is 25.7 Å². The summed E-state index contributed by atoms with van der Waals surface area (Å²) in [6.07, 6.45) is 4.77. The fourth-order valence-electron chi connectivity index (χ4n) is 7.10. The Morgan fingerprint density at radius 2 is 1.63 bits per heavy atom. The van der Waals surface area contributed by atoms with Crippen LogP contribution >= 0.6 is 0 Å². The standard InChI is InChI=1S/C36H52FN7O5/c1-8-44-29(15-16-38-44)34(46)41-32(30(24-9-10-24)25-11-12-25)35(47)39-28-14-13-26(17-27(28)37)22(4)31(40-33(45)23(5)49-7)36(48)43-19-20(2)42(6)18-21(43)3/h13-17,20-25,30-32H,8-12,18-19H2,1-7H3,(H,39,47)(H,40,45)(H,41,46)/t20-,21-,22+,23+,31-,32+/m1/s1. The monoisotopic (exact) mass is 681 g/mol. The van der Waals surface area contributed by atoms with Crippen LogP contribution in [0.25, 0.3) is 0 Å². The maximum Gasteiger partial charge on any atom is 0.270 e. The van der Waals surface area contributed by atoms with E-state index in [1.54, 1.807) is 41.8 Å². The molecule has 268 valence electrons. The van der Waals surface area contributed by atoms with Crippen LogP contribution in [-0.4, -0.2) is 101 Å². The van der Waals surface area contributed by atoms with Crippen LogP contribution < -0.4 is 16.0 Å². The van der Waals surface area contributed by atoms with Crippen molar-refractivity contribution in [2.45, 2.75) is 103 Å². The van der Waals surface area contributed by atoms with E-state index in [0.717, 1.165) is 25.7 Å². The number of amides is 4. The molecule has 49 heavy (non-hydrogen) atoms. The first kappa shape index (κ1) is 36.4. The summed E-state index contributed by atoms with van der Waals surface area (Å²) in [5.74, 6) is -2.18. The van der Waals surface area contributed by atoms with E-state index in [0.29, 0.717) is 42.7 Å². The number of likely N-dealkylation sites (N-methyl/N-ethyl adjacent to an activating group) is 1. The average molecular weight is 682 g/mol. The van der Waals surface area contributed by atoms with Crippen molar-refractivity contribution in [3.63, 3.8) is 0 Å². The zero-order chi connectivity index (χ0) is 35.6. The van der Waals surface area contributed by atoms with E-state index in [4.69, 9.17) is 4.74 Å². The van der Waals surface area contributed by atoms with Crippen molar-refractivity contribution < 1.29 is 28.3 Å². The molecular weight excluding hydrogens is 629 g/mol. The van der Waals surface area contributed by atoms with Gasteiger partial charge in [0.2, 0.25) is 17.7 Å². The third-order valence-electron chi connectivity index (χ3n) is 10.7. The van der Waals surface area contributed by atoms with Gasteiger partial charge in [0.05, 0.1) is 5.69 Å². The molecule has 3 fully saturated rings. The first-order valence-electron chi connectivity index (χ1n) is 17.6. The number of carbonyl (C=O) groups is 4. The third kappa shape index (κ3) is 8.31. The fraction of sp³-hybridized carbons (Fsp3) is 0.639. The molecule has 1 aromatic carbocycles. The second kappa shape index (κ2) is 15.4. The van der Waals surface area contributed by atoms with Crippen LogP contribution in [0, 0.1) is 23.6 Å². The van der Waals surface area contributed by atoms with Crippen molar-refractivity contribution in [2.75, 3.05) is 32.6 Å². The van der Waals surface area contributed by atoms with Crippen LogP contribution in [0.4, 0.5) is 10.1 Å². The van der Waals surface area contributed by atoms with Crippen molar-refractivity contribution in [3.05, 3.63) is 47.5 Å². The fourth-order valence-corrected chi connectivity index (χ4v) is 7.10. The molecule has 6 atom stereocenters. The number of methoxy groups -OCH3 is 1. The first-order chi connectivity index (χ1) is 23.3. The van der Waals surface area contributed by atoms with Gasteiger partial charge in [0.25, 0.3) is 5.91 Å². The molecule has 1 aromatic heterocycles. The first-order valence-corrected chi connectivity index (χ1v) is 17.6. The van der Waals surface area contributed by atoms with Gasteiger partial charge in [-0.2, -0.15) is 5.10 Å². The Kier molecular flexibility index (Phi) is 11.4. The van der Waals surface area contributed by atoms with E-state index >= 15 is 4.39 Å². The highest BCUT2D eigenvalue weighted by atomic mass is 19.1. The predicted octanol–water partition coefficient (Wildman–Crippen LogP) is 3.39. The van der Waals surface area contributed by atoms with Gasteiger partial charge >= 0.3 is 0 Å². The summed E-state index contributed by atoms with van der Waals surface area (Å²) in [6, 6.07) is 4.31. The SMILES string of the molecule is CCn1nccc1C(=O)N[C@H](C(=O)Nc1ccc([C@H](C)[C@@H](NC(=O)[C@H](C)OC)C(=O)N2C[C@@H](C)N(C)C[C@H]2C)cc1F)C(C1CC1)C1CC1. The number of nitrogens with one attached hydrogen (secondary N) is 3. The van der Waals surface area contributed by atoms with Gasteiger partial charge in [-0.1, -0.05) is 13.0 Å². The number of anilines is 1. The van der Waals surface area contributed by atoms with Crippen LogP contribution in [0.5, 0.6) is 0 Å². The minimum absolute atomic E-state index is 0.0226.